The first-order valence-corrected chi connectivity index (χ1v) is 17.6. The standard InChI is InChI=1S/3C5H8O7S2.3Na.3H/c3*1-13-12-4(6)2-3(5(7)8)14(9,10)11;;;;;;/h3*3H,2H2,1H3,(H,7,8)(H,9,10,11);;;;;;/q;;;3*+1;3*-1. The molecule has 0 spiro atoms. The summed E-state index contributed by atoms with van der Waals surface area (Å²) in [7, 11) is -14.4. The van der Waals surface area contributed by atoms with E-state index in [-0.39, 0.29) is 93.0 Å². The molecule has 0 aliphatic heterocycles. The maximum absolute atomic E-state index is 10.7. The van der Waals surface area contributed by atoms with Gasteiger partial charge in [-0.25, -0.2) is 0 Å². The summed E-state index contributed by atoms with van der Waals surface area (Å²) in [6, 6.07) is 0. The Morgan fingerprint density at radius 1 is 0.511 bits per heavy atom. The molecule has 6 N–H and O–H groups in total. The van der Waals surface area contributed by atoms with Crippen LogP contribution in [0.4, 0.5) is 0 Å². The average molecular weight is 805 g/mol. The maximum atomic E-state index is 10.7. The normalized spacial score (nSPS) is 12.4. The van der Waals surface area contributed by atoms with Crippen molar-refractivity contribution in [1.29, 1.82) is 0 Å². The van der Waals surface area contributed by atoms with Gasteiger partial charge in [0.15, 0.2) is 15.7 Å². The molecule has 0 aromatic rings. The number of carbonyl (C=O) groups is 6. The van der Waals surface area contributed by atoms with Gasteiger partial charge in [0.2, 0.25) is 0 Å². The Hall–Kier alpha value is 0.600. The molecule has 0 rings (SSSR count). The fraction of sp³-hybridized carbons (Fsp3) is 0.600. The fourth-order valence-electron chi connectivity index (χ4n) is 1.80. The van der Waals surface area contributed by atoms with Crippen LogP contribution in [0.15, 0.2) is 0 Å². The van der Waals surface area contributed by atoms with E-state index in [2.05, 4.69) is 12.5 Å². The first-order valence-electron chi connectivity index (χ1n) is 9.64. The molecule has 0 saturated heterocycles. The van der Waals surface area contributed by atoms with E-state index in [0.717, 1.165) is 0 Å². The molecule has 0 heterocycles. The first kappa shape index (κ1) is 57.8. The molecule has 3 atom stereocenters. The third kappa shape index (κ3) is 30.4. The topological polar surface area (TPSA) is 354 Å². The van der Waals surface area contributed by atoms with E-state index >= 15 is 0 Å². The van der Waals surface area contributed by atoms with E-state index in [1.54, 1.807) is 0 Å². The van der Waals surface area contributed by atoms with Crippen molar-refractivity contribution in [3.8, 4) is 0 Å². The molecule has 45 heavy (non-hydrogen) atoms. The summed E-state index contributed by atoms with van der Waals surface area (Å²) in [4.78, 5) is 63.2. The van der Waals surface area contributed by atoms with Crippen LogP contribution < -0.4 is 88.7 Å². The van der Waals surface area contributed by atoms with Crippen LogP contribution in [-0.4, -0.2) is 125 Å². The van der Waals surface area contributed by atoms with E-state index in [0.29, 0.717) is 36.1 Å². The summed E-state index contributed by atoms with van der Waals surface area (Å²) in [6.45, 7) is 0. The van der Waals surface area contributed by atoms with E-state index in [9.17, 15) is 54.0 Å². The van der Waals surface area contributed by atoms with Gasteiger partial charge in [0, 0.05) is 18.8 Å². The quantitative estimate of drug-likeness (QED) is 0.0508. The van der Waals surface area contributed by atoms with Crippen molar-refractivity contribution in [1.82, 2.24) is 0 Å². The average Bonchev–Trinajstić information content (AvgIpc) is 2.78. The number of hydrogen-bond donors (Lipinski definition) is 6. The van der Waals surface area contributed by atoms with Crippen LogP contribution in [0, 0.1) is 0 Å². The van der Waals surface area contributed by atoms with Crippen LogP contribution in [0.5, 0.6) is 0 Å². The second kappa shape index (κ2) is 28.4. The molecule has 0 aromatic heterocycles. The molecule has 0 fully saturated rings. The predicted molar refractivity (Wildman–Crippen MR) is 145 cm³/mol. The Bertz CT molecular complexity index is 1150. The molecule has 0 bridgehead atoms. The number of rotatable bonds is 15. The summed E-state index contributed by atoms with van der Waals surface area (Å²) in [5.41, 5.74) is 0. The summed E-state index contributed by atoms with van der Waals surface area (Å²) in [5, 5.41) is 18.6. The second-order valence-corrected chi connectivity index (χ2v) is 12.8. The largest absolute Gasteiger partial charge is 1.00 e. The van der Waals surface area contributed by atoms with Crippen LogP contribution in [0.2, 0.25) is 0 Å². The van der Waals surface area contributed by atoms with Gasteiger partial charge in [-0.2, -0.15) is 25.3 Å². The van der Waals surface area contributed by atoms with Gasteiger partial charge >= 0.3 is 124 Å². The van der Waals surface area contributed by atoms with Crippen LogP contribution >= 0.6 is 36.1 Å². The van der Waals surface area contributed by atoms with E-state index in [4.69, 9.17) is 29.0 Å². The molecule has 0 aliphatic rings. The monoisotopic (exact) mass is 804 g/mol. The van der Waals surface area contributed by atoms with E-state index < -0.39 is 101 Å². The van der Waals surface area contributed by atoms with Gasteiger partial charge in [0.1, 0.15) is 0 Å². The van der Waals surface area contributed by atoms with Crippen molar-refractivity contribution in [3.05, 3.63) is 0 Å². The second-order valence-electron chi connectivity index (χ2n) is 6.50. The predicted octanol–water partition coefficient (Wildman–Crippen LogP) is -10.0. The van der Waals surface area contributed by atoms with E-state index in [1.807, 2.05) is 0 Å². The zero-order chi connectivity index (χ0) is 34.1. The van der Waals surface area contributed by atoms with Gasteiger partial charge in [-0.3, -0.25) is 42.4 Å². The van der Waals surface area contributed by atoms with Crippen LogP contribution in [0.1, 0.15) is 23.5 Å². The molecule has 0 radical (unpaired) electrons. The molecule has 0 saturated carbocycles. The third-order valence-corrected chi connectivity index (χ3v) is 7.81. The van der Waals surface area contributed by atoms with Crippen molar-refractivity contribution >= 4 is 102 Å². The van der Waals surface area contributed by atoms with Gasteiger partial charge in [0.25, 0.3) is 30.4 Å². The minimum Gasteiger partial charge on any atom is -1.00 e. The van der Waals surface area contributed by atoms with Crippen molar-refractivity contribution in [2.24, 2.45) is 0 Å². The molecule has 3 unspecified atom stereocenters. The first-order chi connectivity index (χ1) is 18.9. The number of carbonyl (C=O) groups excluding carboxylic acids is 3. The number of carboxylic acids is 3. The summed E-state index contributed by atoms with van der Waals surface area (Å²) < 4.78 is 101. The molecule has 30 heteroatoms. The minimum absolute atomic E-state index is 0. The Balaban J connectivity index is -0.0000000639. The molecular weight excluding hydrogens is 778 g/mol. The molecule has 0 aliphatic carbocycles. The van der Waals surface area contributed by atoms with Crippen molar-refractivity contribution < 1.29 is 188 Å². The van der Waals surface area contributed by atoms with Gasteiger partial charge in [-0.05, 0) is 0 Å². The third-order valence-electron chi connectivity index (χ3n) is 3.49. The van der Waals surface area contributed by atoms with Crippen molar-refractivity contribution in [2.75, 3.05) is 18.8 Å². The summed E-state index contributed by atoms with van der Waals surface area (Å²) in [6.07, 6.45) is 1.45. The number of hydrogen-bond acceptors (Lipinski definition) is 18. The zero-order valence-corrected chi connectivity index (χ0v) is 35.0. The number of aliphatic carboxylic acids is 3. The molecular formula is C15H27Na3O21S6. The Labute approximate surface area is 340 Å². The van der Waals surface area contributed by atoms with E-state index in [1.165, 1.54) is 18.8 Å². The van der Waals surface area contributed by atoms with Gasteiger partial charge in [-0.1, -0.05) is 0 Å². The molecule has 252 valence electrons. The van der Waals surface area contributed by atoms with Crippen molar-refractivity contribution in [3.63, 3.8) is 0 Å². The van der Waals surface area contributed by atoms with Crippen LogP contribution in [0.25, 0.3) is 0 Å². The SMILES string of the molecule is CSOC(=O)CC(C(=O)O)S(=O)(=O)O.CSOC(=O)CC(C(=O)O)S(=O)(=O)O.CSOC(=O)CC(C(=O)O)S(=O)(=O)O.[H-].[H-].[H-].[Na+].[Na+].[Na+]. The Morgan fingerprint density at radius 2 is 0.667 bits per heavy atom. The zero-order valence-electron chi connectivity index (χ0n) is 27.1. The molecule has 21 nitrogen and oxygen atoms in total. The molecule has 0 amide bonds. The minimum atomic E-state index is -4.79. The fourth-order valence-corrected chi connectivity index (χ4v) is 4.36. The molecule has 0 aromatic carbocycles. The Kier molecular flexibility index (Phi) is 36.6. The van der Waals surface area contributed by atoms with Crippen molar-refractivity contribution in [2.45, 2.75) is 35.0 Å². The van der Waals surface area contributed by atoms with Gasteiger partial charge in [-0.15, -0.1) is 0 Å². The van der Waals surface area contributed by atoms with Crippen LogP contribution in [0.3, 0.4) is 0 Å². The van der Waals surface area contributed by atoms with Crippen LogP contribution in [-0.2, 0) is 71.7 Å². The summed E-state index contributed by atoms with van der Waals surface area (Å²) in [5.74, 6) is -8.48. The summed E-state index contributed by atoms with van der Waals surface area (Å²) >= 11 is 1.97. The maximum Gasteiger partial charge on any atom is 1.00 e. The van der Waals surface area contributed by atoms with Gasteiger partial charge in [0.05, 0.1) is 55.4 Å². The smallest absolute Gasteiger partial charge is 1.00 e. The number of carboxylic acid groups (broad SMARTS) is 3. The Morgan fingerprint density at radius 3 is 0.756 bits per heavy atom. The van der Waals surface area contributed by atoms with Gasteiger partial charge < -0.3 is 32.1 Å².